The molecule has 26 heavy (non-hydrogen) atoms. The van der Waals surface area contributed by atoms with Crippen molar-refractivity contribution in [2.45, 2.75) is 32.4 Å². The van der Waals surface area contributed by atoms with E-state index in [2.05, 4.69) is 10.1 Å². The van der Waals surface area contributed by atoms with E-state index in [4.69, 9.17) is 4.84 Å². The van der Waals surface area contributed by atoms with Crippen LogP contribution in [0.2, 0.25) is 0 Å². The summed E-state index contributed by atoms with van der Waals surface area (Å²) in [5, 5.41) is 5.72. The number of carbonyl (C=O) groups is 2. The van der Waals surface area contributed by atoms with Crippen molar-refractivity contribution in [2.24, 2.45) is 0 Å². The van der Waals surface area contributed by atoms with Crippen LogP contribution >= 0.6 is 0 Å². The van der Waals surface area contributed by atoms with Gasteiger partial charge in [0.1, 0.15) is 0 Å². The van der Waals surface area contributed by atoms with Crippen LogP contribution in [-0.4, -0.2) is 56.2 Å². The van der Waals surface area contributed by atoms with Gasteiger partial charge in [-0.1, -0.05) is 0 Å². The number of nitrogens with zero attached hydrogens (tertiary/aromatic N) is 5. The van der Waals surface area contributed by atoms with Crippen molar-refractivity contribution in [1.82, 2.24) is 24.7 Å². The highest BCUT2D eigenvalue weighted by Crippen LogP contribution is 2.25. The summed E-state index contributed by atoms with van der Waals surface area (Å²) in [6.07, 6.45) is 6.80. The maximum atomic E-state index is 13.0. The number of hydroxylamine groups is 2. The molecule has 0 unspecified atom stereocenters. The first-order chi connectivity index (χ1) is 12.6. The summed E-state index contributed by atoms with van der Waals surface area (Å²) in [4.78, 5) is 37.2. The van der Waals surface area contributed by atoms with Gasteiger partial charge in [-0.2, -0.15) is 5.10 Å². The standard InChI is InChI=1S/C18H21N5O3/c1-13-8-14(10-19-9-13)17(24)21-11-15-4-5-20-23(15)16(12-21)18(25)22-6-2-3-7-26-22/h4-5,8-10,16H,2-3,6-7,11-12H2,1H3/t16-/m0/s1. The second-order valence-electron chi connectivity index (χ2n) is 6.70. The van der Waals surface area contributed by atoms with E-state index in [1.165, 1.54) is 5.06 Å². The van der Waals surface area contributed by atoms with E-state index in [9.17, 15) is 9.59 Å². The summed E-state index contributed by atoms with van der Waals surface area (Å²) in [5.74, 6) is -0.291. The number of aromatic nitrogens is 3. The summed E-state index contributed by atoms with van der Waals surface area (Å²) in [5.41, 5.74) is 2.28. The third-order valence-corrected chi connectivity index (χ3v) is 4.74. The van der Waals surface area contributed by atoms with Crippen LogP contribution in [0.15, 0.2) is 30.7 Å². The first-order valence-electron chi connectivity index (χ1n) is 8.81. The lowest BCUT2D eigenvalue weighted by molar-refractivity contribution is -0.201. The lowest BCUT2D eigenvalue weighted by atomic mass is 10.1. The van der Waals surface area contributed by atoms with Crippen LogP contribution in [-0.2, 0) is 16.2 Å². The molecule has 8 nitrogen and oxygen atoms in total. The number of carbonyl (C=O) groups excluding carboxylic acids is 2. The van der Waals surface area contributed by atoms with Crippen LogP contribution in [0.5, 0.6) is 0 Å². The average Bonchev–Trinajstić information content (AvgIpc) is 3.15. The van der Waals surface area contributed by atoms with Crippen LogP contribution < -0.4 is 0 Å². The van der Waals surface area contributed by atoms with E-state index >= 15 is 0 Å². The number of pyridine rings is 1. The molecule has 4 rings (SSSR count). The second kappa shape index (κ2) is 6.87. The Kier molecular flexibility index (Phi) is 4.42. The van der Waals surface area contributed by atoms with Crippen LogP contribution in [0, 0.1) is 6.92 Å². The number of hydrogen-bond donors (Lipinski definition) is 0. The first kappa shape index (κ1) is 16.7. The Morgan fingerprint density at radius 2 is 2.15 bits per heavy atom. The molecule has 1 saturated heterocycles. The quantitative estimate of drug-likeness (QED) is 0.812. The summed E-state index contributed by atoms with van der Waals surface area (Å²) in [7, 11) is 0. The molecule has 8 heteroatoms. The van der Waals surface area contributed by atoms with Crippen molar-refractivity contribution < 1.29 is 14.4 Å². The molecule has 4 heterocycles. The molecule has 0 N–H and O–H groups in total. The third kappa shape index (κ3) is 3.08. The van der Waals surface area contributed by atoms with Gasteiger partial charge in [-0.05, 0) is 37.5 Å². The van der Waals surface area contributed by atoms with Crippen molar-refractivity contribution in [2.75, 3.05) is 19.7 Å². The van der Waals surface area contributed by atoms with Crippen molar-refractivity contribution in [3.63, 3.8) is 0 Å². The predicted octanol–water partition coefficient (Wildman–Crippen LogP) is 1.34. The predicted molar refractivity (Wildman–Crippen MR) is 91.9 cm³/mol. The van der Waals surface area contributed by atoms with E-state index in [0.717, 1.165) is 24.1 Å². The number of hydrogen-bond acceptors (Lipinski definition) is 5. The number of rotatable bonds is 2. The van der Waals surface area contributed by atoms with Gasteiger partial charge >= 0.3 is 0 Å². The van der Waals surface area contributed by atoms with Crippen molar-refractivity contribution in [3.8, 4) is 0 Å². The van der Waals surface area contributed by atoms with Gasteiger partial charge in [-0.25, -0.2) is 5.06 Å². The Hall–Kier alpha value is -2.74. The highest BCUT2D eigenvalue weighted by molar-refractivity contribution is 5.94. The van der Waals surface area contributed by atoms with Gasteiger partial charge in [0.05, 0.1) is 31.0 Å². The Balaban J connectivity index is 1.59. The Morgan fingerprint density at radius 1 is 1.27 bits per heavy atom. The van der Waals surface area contributed by atoms with E-state index in [0.29, 0.717) is 25.3 Å². The number of fused-ring (bicyclic) bond motifs is 1. The molecule has 2 aliphatic heterocycles. The molecular weight excluding hydrogens is 334 g/mol. The fourth-order valence-electron chi connectivity index (χ4n) is 3.42. The third-order valence-electron chi connectivity index (χ3n) is 4.74. The Morgan fingerprint density at radius 3 is 2.92 bits per heavy atom. The van der Waals surface area contributed by atoms with E-state index < -0.39 is 6.04 Å². The molecule has 1 fully saturated rings. The Bertz CT molecular complexity index is 828. The number of amides is 2. The van der Waals surface area contributed by atoms with Crippen LogP contribution in [0.25, 0.3) is 0 Å². The topological polar surface area (TPSA) is 80.6 Å². The zero-order chi connectivity index (χ0) is 18.1. The normalized spacial score (nSPS) is 20.0. The van der Waals surface area contributed by atoms with E-state index in [1.54, 1.807) is 28.2 Å². The minimum Gasteiger partial charge on any atom is -0.330 e. The molecule has 0 spiro atoms. The van der Waals surface area contributed by atoms with Gasteiger partial charge in [0, 0.05) is 25.1 Å². The average molecular weight is 355 g/mol. The van der Waals surface area contributed by atoms with Crippen molar-refractivity contribution >= 4 is 11.8 Å². The van der Waals surface area contributed by atoms with Crippen LogP contribution in [0.4, 0.5) is 0 Å². The molecule has 0 aliphatic carbocycles. The van der Waals surface area contributed by atoms with E-state index in [1.807, 2.05) is 19.1 Å². The molecule has 2 aromatic rings. The molecule has 0 saturated carbocycles. The van der Waals surface area contributed by atoms with Gasteiger partial charge < -0.3 is 4.90 Å². The minimum absolute atomic E-state index is 0.133. The van der Waals surface area contributed by atoms with Crippen LogP contribution in [0.1, 0.15) is 40.5 Å². The van der Waals surface area contributed by atoms with E-state index in [-0.39, 0.29) is 18.4 Å². The Labute approximate surface area is 151 Å². The molecule has 2 amide bonds. The smallest absolute Gasteiger partial charge is 0.272 e. The maximum absolute atomic E-state index is 13.0. The maximum Gasteiger partial charge on any atom is 0.272 e. The molecule has 0 aromatic carbocycles. The monoisotopic (exact) mass is 355 g/mol. The molecule has 0 bridgehead atoms. The highest BCUT2D eigenvalue weighted by Gasteiger charge is 2.36. The molecular formula is C18H21N5O3. The van der Waals surface area contributed by atoms with Gasteiger partial charge in [0.2, 0.25) is 0 Å². The van der Waals surface area contributed by atoms with Gasteiger partial charge in [-0.3, -0.25) is 24.1 Å². The fourth-order valence-corrected chi connectivity index (χ4v) is 3.42. The molecule has 2 aromatic heterocycles. The summed E-state index contributed by atoms with van der Waals surface area (Å²) in [6.45, 7) is 3.69. The molecule has 0 radical (unpaired) electrons. The van der Waals surface area contributed by atoms with Crippen LogP contribution in [0.3, 0.4) is 0 Å². The summed E-state index contributed by atoms with van der Waals surface area (Å²) >= 11 is 0. The zero-order valence-corrected chi connectivity index (χ0v) is 14.7. The second-order valence-corrected chi connectivity index (χ2v) is 6.70. The first-order valence-corrected chi connectivity index (χ1v) is 8.81. The van der Waals surface area contributed by atoms with Crippen molar-refractivity contribution in [3.05, 3.63) is 47.5 Å². The van der Waals surface area contributed by atoms with Gasteiger partial charge in [0.25, 0.3) is 11.8 Å². The lowest BCUT2D eigenvalue weighted by Gasteiger charge is -2.36. The zero-order valence-electron chi connectivity index (χ0n) is 14.7. The summed E-state index contributed by atoms with van der Waals surface area (Å²) in [6, 6.07) is 3.07. The SMILES string of the molecule is Cc1cncc(C(=O)N2Cc3ccnn3[C@H](C(=O)N3CCCCO3)C2)c1. The molecule has 2 aliphatic rings. The summed E-state index contributed by atoms with van der Waals surface area (Å²) < 4.78 is 1.71. The lowest BCUT2D eigenvalue weighted by Crippen LogP contribution is -2.49. The minimum atomic E-state index is -0.575. The van der Waals surface area contributed by atoms with Gasteiger partial charge in [0.15, 0.2) is 6.04 Å². The molecule has 1 atom stereocenters. The molecule has 136 valence electrons. The van der Waals surface area contributed by atoms with Gasteiger partial charge in [-0.15, -0.1) is 0 Å². The largest absolute Gasteiger partial charge is 0.330 e. The fraction of sp³-hybridized carbons (Fsp3) is 0.444. The highest BCUT2D eigenvalue weighted by atomic mass is 16.7. The van der Waals surface area contributed by atoms with Crippen molar-refractivity contribution in [1.29, 1.82) is 0 Å². The number of aryl methyl sites for hydroxylation is 1.